The fraction of sp³-hybridized carbons (Fsp3) is 0.333. The van der Waals surface area contributed by atoms with Crippen molar-refractivity contribution < 1.29 is 24.2 Å². The second-order valence-electron chi connectivity index (χ2n) is 9.63. The molecule has 3 aromatic carbocycles. The number of carbonyl (C=O) groups excluding carboxylic acids is 2. The maximum Gasteiger partial charge on any atom is 0.411 e. The number of anilines is 2. The van der Waals surface area contributed by atoms with Gasteiger partial charge in [0.15, 0.2) is 0 Å². The van der Waals surface area contributed by atoms with Gasteiger partial charge in [-0.05, 0) is 49.6 Å². The fourth-order valence-corrected chi connectivity index (χ4v) is 4.82. The first-order chi connectivity index (χ1) is 18.9. The van der Waals surface area contributed by atoms with Gasteiger partial charge in [-0.25, -0.2) is 4.79 Å². The van der Waals surface area contributed by atoms with Crippen molar-refractivity contribution in [3.8, 4) is 16.9 Å². The topological polar surface area (TPSA) is 100 Å². The number of hydrogen-bond donors (Lipinski definition) is 3. The van der Waals surface area contributed by atoms with Crippen LogP contribution in [-0.2, 0) is 22.6 Å². The van der Waals surface area contributed by atoms with Crippen molar-refractivity contribution in [2.24, 2.45) is 0 Å². The molecule has 206 valence electrons. The summed E-state index contributed by atoms with van der Waals surface area (Å²) < 4.78 is 11.0. The number of piperidine rings is 1. The monoisotopic (exact) mass is 551 g/mol. The Kier molecular flexibility index (Phi) is 9.81. The number of aliphatic hydroxyl groups excluding tert-OH is 1. The summed E-state index contributed by atoms with van der Waals surface area (Å²) >= 11 is 6.28. The van der Waals surface area contributed by atoms with Gasteiger partial charge in [0.25, 0.3) is 0 Å². The average molecular weight is 552 g/mol. The van der Waals surface area contributed by atoms with E-state index in [2.05, 4.69) is 22.6 Å². The van der Waals surface area contributed by atoms with E-state index in [4.69, 9.17) is 21.1 Å². The Morgan fingerprint density at radius 1 is 1.03 bits per heavy atom. The summed E-state index contributed by atoms with van der Waals surface area (Å²) in [5.41, 5.74) is 4.30. The largest absolute Gasteiger partial charge is 0.496 e. The Bertz CT molecular complexity index is 1290. The number of likely N-dealkylation sites (tertiary alicyclic amines) is 1. The summed E-state index contributed by atoms with van der Waals surface area (Å²) in [5, 5.41) is 15.5. The van der Waals surface area contributed by atoms with E-state index in [-0.39, 0.29) is 25.0 Å². The molecule has 1 aliphatic heterocycles. The number of nitrogens with zero attached hydrogens (tertiary/aromatic N) is 1. The molecule has 3 aromatic rings. The van der Waals surface area contributed by atoms with Gasteiger partial charge in [0.1, 0.15) is 11.9 Å². The molecule has 2 amide bonds. The molecule has 4 rings (SSSR count). The first kappa shape index (κ1) is 28.4. The Hall–Kier alpha value is -3.59. The molecule has 39 heavy (non-hydrogen) atoms. The number of methoxy groups -OCH3 is 1. The lowest BCUT2D eigenvalue weighted by atomic mass is 9.99. The molecule has 1 aliphatic rings. The van der Waals surface area contributed by atoms with Crippen molar-refractivity contribution >= 4 is 35.0 Å². The minimum absolute atomic E-state index is 0.106. The smallest absolute Gasteiger partial charge is 0.411 e. The zero-order chi connectivity index (χ0) is 27.8. The molecular weight excluding hydrogens is 518 g/mol. The lowest BCUT2D eigenvalue weighted by Crippen LogP contribution is -2.36. The number of ether oxygens (including phenoxy) is 2. The number of amides is 2. The van der Waals surface area contributed by atoms with Gasteiger partial charge in [0, 0.05) is 36.7 Å². The van der Waals surface area contributed by atoms with E-state index >= 15 is 0 Å². The molecule has 1 heterocycles. The quantitative estimate of drug-likeness (QED) is 0.314. The fourth-order valence-electron chi connectivity index (χ4n) is 4.59. The number of hydrogen-bond acceptors (Lipinski definition) is 6. The molecule has 0 unspecified atom stereocenters. The van der Waals surface area contributed by atoms with Crippen LogP contribution in [-0.4, -0.2) is 55.4 Å². The van der Waals surface area contributed by atoms with Crippen molar-refractivity contribution in [1.29, 1.82) is 0 Å². The molecule has 1 saturated heterocycles. The lowest BCUT2D eigenvalue weighted by Gasteiger charge is -2.28. The summed E-state index contributed by atoms with van der Waals surface area (Å²) in [7, 11) is 3.55. The molecule has 1 fully saturated rings. The van der Waals surface area contributed by atoms with Crippen molar-refractivity contribution in [3.05, 3.63) is 76.8 Å². The Balaban J connectivity index is 1.45. The third-order valence-corrected chi connectivity index (χ3v) is 7.11. The van der Waals surface area contributed by atoms with E-state index in [1.165, 1.54) is 7.11 Å². The Labute approximate surface area is 233 Å². The zero-order valence-electron chi connectivity index (χ0n) is 22.2. The minimum Gasteiger partial charge on any atom is -0.496 e. The highest BCUT2D eigenvalue weighted by atomic mass is 35.5. The van der Waals surface area contributed by atoms with Crippen LogP contribution in [0.1, 0.15) is 30.4 Å². The van der Waals surface area contributed by atoms with Crippen molar-refractivity contribution in [3.63, 3.8) is 0 Å². The van der Waals surface area contributed by atoms with E-state index in [1.807, 2.05) is 48.5 Å². The highest BCUT2D eigenvalue weighted by Gasteiger charge is 2.21. The average Bonchev–Trinajstić information content (AvgIpc) is 2.94. The third-order valence-electron chi connectivity index (χ3n) is 6.80. The van der Waals surface area contributed by atoms with Crippen molar-refractivity contribution in [2.75, 3.05) is 37.9 Å². The lowest BCUT2D eigenvalue weighted by molar-refractivity contribution is -0.116. The number of carbonyl (C=O) groups is 2. The normalized spacial score (nSPS) is 14.1. The van der Waals surface area contributed by atoms with Crippen molar-refractivity contribution in [1.82, 2.24) is 4.90 Å². The molecule has 0 radical (unpaired) electrons. The maximum absolute atomic E-state index is 12.8. The summed E-state index contributed by atoms with van der Waals surface area (Å²) in [4.78, 5) is 27.8. The van der Waals surface area contributed by atoms with Crippen LogP contribution in [0.2, 0.25) is 5.02 Å². The molecule has 0 aliphatic carbocycles. The molecule has 9 heteroatoms. The number of rotatable bonds is 9. The SMILES string of the molecule is COc1cc(NC(=O)CCc2ccc(-c3ccccc3)c(NC(=O)OC3CCN(C)CC3)c2)c(Cl)cc1CO. The van der Waals surface area contributed by atoms with Crippen LogP contribution >= 0.6 is 11.6 Å². The van der Waals surface area contributed by atoms with Gasteiger partial charge in [-0.1, -0.05) is 54.1 Å². The summed E-state index contributed by atoms with van der Waals surface area (Å²) in [6.45, 7) is 1.57. The number of aliphatic hydroxyl groups is 1. The van der Waals surface area contributed by atoms with Gasteiger partial charge in [0.2, 0.25) is 5.91 Å². The number of aryl methyl sites for hydroxylation is 1. The number of nitrogens with one attached hydrogen (secondary N) is 2. The molecule has 0 saturated carbocycles. The first-order valence-corrected chi connectivity index (χ1v) is 13.4. The molecule has 8 nitrogen and oxygen atoms in total. The zero-order valence-corrected chi connectivity index (χ0v) is 23.0. The highest BCUT2D eigenvalue weighted by molar-refractivity contribution is 6.33. The van der Waals surface area contributed by atoms with Gasteiger partial charge in [-0.2, -0.15) is 0 Å². The second-order valence-corrected chi connectivity index (χ2v) is 10.0. The molecule has 0 aromatic heterocycles. The van der Waals surface area contributed by atoms with E-state index in [0.717, 1.165) is 42.6 Å². The summed E-state index contributed by atoms with van der Waals surface area (Å²) in [5.74, 6) is 0.218. The van der Waals surface area contributed by atoms with Gasteiger partial charge < -0.3 is 24.8 Å². The molecule has 3 N–H and O–H groups in total. The van der Waals surface area contributed by atoms with Gasteiger partial charge in [-0.15, -0.1) is 0 Å². The van der Waals surface area contributed by atoms with Crippen molar-refractivity contribution in [2.45, 2.75) is 38.4 Å². The Morgan fingerprint density at radius 2 is 1.77 bits per heavy atom. The molecular formula is C30H34ClN3O5. The van der Waals surface area contributed by atoms with Gasteiger partial charge in [-0.3, -0.25) is 10.1 Å². The molecule has 0 bridgehead atoms. The summed E-state index contributed by atoms with van der Waals surface area (Å²) in [6.07, 6.45) is 1.68. The standard InChI is InChI=1S/C30H34ClN3O5/c1-34-14-12-23(13-15-34)39-30(37)33-26-16-20(8-10-24(26)21-6-4-3-5-7-21)9-11-29(36)32-27-18-28(38-2)22(19-35)17-25(27)31/h3-8,10,16-18,23,35H,9,11-15,19H2,1-2H3,(H,32,36)(H,33,37). The first-order valence-electron chi connectivity index (χ1n) is 13.0. The van der Waals surface area contributed by atoms with E-state index in [1.54, 1.807) is 12.1 Å². The maximum atomic E-state index is 12.8. The highest BCUT2D eigenvalue weighted by Crippen LogP contribution is 2.32. The van der Waals surface area contributed by atoms with Crippen LogP contribution < -0.4 is 15.4 Å². The Morgan fingerprint density at radius 3 is 2.46 bits per heavy atom. The van der Waals surface area contributed by atoms with Gasteiger partial charge >= 0.3 is 6.09 Å². The van der Waals surface area contributed by atoms with Crippen LogP contribution in [0.25, 0.3) is 11.1 Å². The van der Waals surface area contributed by atoms with E-state index in [0.29, 0.717) is 34.1 Å². The van der Waals surface area contributed by atoms with Crippen LogP contribution in [0.15, 0.2) is 60.7 Å². The molecule has 0 atom stereocenters. The molecule has 0 spiro atoms. The second kappa shape index (κ2) is 13.5. The van der Waals surface area contributed by atoms with E-state index < -0.39 is 6.09 Å². The van der Waals surface area contributed by atoms with E-state index in [9.17, 15) is 14.7 Å². The third kappa shape index (κ3) is 7.72. The van der Waals surface area contributed by atoms with Gasteiger partial charge in [0.05, 0.1) is 30.1 Å². The van der Waals surface area contributed by atoms with Crippen LogP contribution in [0.3, 0.4) is 0 Å². The summed E-state index contributed by atoms with van der Waals surface area (Å²) in [6, 6.07) is 18.8. The number of benzene rings is 3. The van der Waals surface area contributed by atoms with Crippen LogP contribution in [0, 0.1) is 0 Å². The van der Waals surface area contributed by atoms with Crippen LogP contribution in [0.5, 0.6) is 5.75 Å². The number of halogens is 1. The minimum atomic E-state index is -0.480. The van der Waals surface area contributed by atoms with Crippen LogP contribution in [0.4, 0.5) is 16.2 Å². The predicted molar refractivity (Wildman–Crippen MR) is 153 cm³/mol. The predicted octanol–water partition coefficient (Wildman–Crippen LogP) is 5.72.